The number of rotatable bonds is 7. The van der Waals surface area contributed by atoms with E-state index in [1.54, 1.807) is 12.5 Å². The molecule has 0 spiro atoms. The summed E-state index contributed by atoms with van der Waals surface area (Å²) in [7, 11) is 0. The van der Waals surface area contributed by atoms with Gasteiger partial charge in [-0.05, 0) is 58.4 Å². The number of furan rings is 1. The molecular weight excluding hydrogens is 396 g/mol. The Labute approximate surface area is 158 Å². The van der Waals surface area contributed by atoms with Gasteiger partial charge in [0.25, 0.3) is 0 Å². The highest BCUT2D eigenvalue weighted by Crippen LogP contribution is 2.23. The van der Waals surface area contributed by atoms with Crippen molar-refractivity contribution in [1.82, 2.24) is 20.3 Å². The van der Waals surface area contributed by atoms with Gasteiger partial charge in [-0.25, -0.2) is 9.97 Å². The quantitative estimate of drug-likeness (QED) is 0.446. The number of ether oxygens (including phenoxy) is 1. The smallest absolute Gasteiger partial charge is 0.178 e. The fourth-order valence-corrected chi connectivity index (χ4v) is 2.92. The highest BCUT2D eigenvalue weighted by molar-refractivity contribution is 9.10. The Bertz CT molecular complexity index is 981. The van der Waals surface area contributed by atoms with Crippen LogP contribution in [0.1, 0.15) is 5.76 Å². The molecule has 6 nitrogen and oxygen atoms in total. The van der Waals surface area contributed by atoms with Gasteiger partial charge in [-0.1, -0.05) is 0 Å². The molecule has 0 fully saturated rings. The molecule has 132 valence electrons. The number of aromatic amines is 1. The third-order valence-corrected chi connectivity index (χ3v) is 4.29. The van der Waals surface area contributed by atoms with Crippen LogP contribution < -0.4 is 10.1 Å². The van der Waals surface area contributed by atoms with Crippen LogP contribution in [0.2, 0.25) is 0 Å². The minimum atomic E-state index is 0.586. The lowest BCUT2D eigenvalue weighted by Crippen LogP contribution is -2.20. The molecule has 0 saturated heterocycles. The number of benzene rings is 1. The minimum absolute atomic E-state index is 0.586. The molecule has 0 amide bonds. The van der Waals surface area contributed by atoms with Crippen molar-refractivity contribution in [2.75, 3.05) is 13.2 Å². The zero-order chi connectivity index (χ0) is 17.8. The average Bonchev–Trinajstić information content (AvgIpc) is 3.31. The average molecular weight is 413 g/mol. The maximum atomic E-state index is 5.75. The molecule has 3 heterocycles. The third kappa shape index (κ3) is 3.95. The standard InChI is InChI=1S/C19H17BrN4O2/c20-14-10-17-19(22-11-14)24-18(23-17)13-3-5-15(6-4-13)26-9-7-21-12-16-2-1-8-25-16/h1-6,8,10-11,21H,7,9,12H2,(H,22,23,24). The molecule has 0 saturated carbocycles. The molecule has 0 aliphatic rings. The molecule has 3 aromatic heterocycles. The van der Waals surface area contributed by atoms with E-state index in [-0.39, 0.29) is 0 Å². The largest absolute Gasteiger partial charge is 0.492 e. The molecule has 4 aromatic rings. The number of H-pyrrole nitrogens is 1. The topological polar surface area (TPSA) is 76.0 Å². The van der Waals surface area contributed by atoms with Gasteiger partial charge in [0.05, 0.1) is 18.3 Å². The summed E-state index contributed by atoms with van der Waals surface area (Å²) in [5.41, 5.74) is 2.59. The van der Waals surface area contributed by atoms with E-state index >= 15 is 0 Å². The van der Waals surface area contributed by atoms with Crippen molar-refractivity contribution in [1.29, 1.82) is 0 Å². The minimum Gasteiger partial charge on any atom is -0.492 e. The van der Waals surface area contributed by atoms with Crippen LogP contribution in [0.3, 0.4) is 0 Å². The van der Waals surface area contributed by atoms with Crippen molar-refractivity contribution in [3.05, 3.63) is 65.2 Å². The maximum absolute atomic E-state index is 5.75. The number of hydrogen-bond donors (Lipinski definition) is 2. The third-order valence-electron chi connectivity index (χ3n) is 3.86. The second kappa shape index (κ2) is 7.72. The van der Waals surface area contributed by atoms with Gasteiger partial charge < -0.3 is 19.5 Å². The van der Waals surface area contributed by atoms with Gasteiger partial charge in [0.15, 0.2) is 5.65 Å². The van der Waals surface area contributed by atoms with Crippen LogP contribution in [0.15, 0.2) is 63.8 Å². The lowest BCUT2D eigenvalue weighted by molar-refractivity contribution is 0.311. The van der Waals surface area contributed by atoms with E-state index in [4.69, 9.17) is 9.15 Å². The molecule has 0 aliphatic carbocycles. The number of aromatic nitrogens is 3. The van der Waals surface area contributed by atoms with Crippen LogP contribution in [-0.2, 0) is 6.54 Å². The molecule has 7 heteroatoms. The van der Waals surface area contributed by atoms with E-state index in [9.17, 15) is 0 Å². The Hall–Kier alpha value is -2.64. The van der Waals surface area contributed by atoms with Gasteiger partial charge in [0.1, 0.15) is 23.9 Å². The van der Waals surface area contributed by atoms with Crippen LogP contribution in [0.25, 0.3) is 22.6 Å². The van der Waals surface area contributed by atoms with Crippen LogP contribution in [0.4, 0.5) is 0 Å². The first-order valence-electron chi connectivity index (χ1n) is 8.25. The summed E-state index contributed by atoms with van der Waals surface area (Å²) in [5, 5.41) is 3.27. The van der Waals surface area contributed by atoms with Crippen molar-refractivity contribution in [3.8, 4) is 17.1 Å². The van der Waals surface area contributed by atoms with E-state index in [0.29, 0.717) is 18.8 Å². The molecular formula is C19H17BrN4O2. The zero-order valence-electron chi connectivity index (χ0n) is 13.9. The lowest BCUT2D eigenvalue weighted by atomic mass is 10.2. The Morgan fingerprint density at radius 3 is 2.88 bits per heavy atom. The second-order valence-electron chi connectivity index (χ2n) is 5.74. The van der Waals surface area contributed by atoms with E-state index < -0.39 is 0 Å². The number of halogens is 1. The van der Waals surface area contributed by atoms with Crippen LogP contribution in [0.5, 0.6) is 5.75 Å². The van der Waals surface area contributed by atoms with Crippen molar-refractivity contribution in [2.45, 2.75) is 6.54 Å². The first-order valence-corrected chi connectivity index (χ1v) is 9.05. The molecule has 2 N–H and O–H groups in total. The Morgan fingerprint density at radius 1 is 1.19 bits per heavy atom. The summed E-state index contributed by atoms with van der Waals surface area (Å²) < 4.78 is 11.9. The van der Waals surface area contributed by atoms with Crippen molar-refractivity contribution < 1.29 is 9.15 Å². The van der Waals surface area contributed by atoms with Gasteiger partial charge >= 0.3 is 0 Å². The second-order valence-corrected chi connectivity index (χ2v) is 6.65. The summed E-state index contributed by atoms with van der Waals surface area (Å²) in [5.74, 6) is 2.53. The predicted octanol–water partition coefficient (Wildman–Crippen LogP) is 4.15. The van der Waals surface area contributed by atoms with Crippen LogP contribution in [0, 0.1) is 0 Å². The monoisotopic (exact) mass is 412 g/mol. The fourth-order valence-electron chi connectivity index (χ4n) is 2.59. The Morgan fingerprint density at radius 2 is 2.08 bits per heavy atom. The Kier molecular flexibility index (Phi) is 4.99. The summed E-state index contributed by atoms with van der Waals surface area (Å²) in [6.07, 6.45) is 3.41. The highest BCUT2D eigenvalue weighted by Gasteiger charge is 2.07. The maximum Gasteiger partial charge on any atom is 0.178 e. The zero-order valence-corrected chi connectivity index (χ0v) is 15.5. The molecule has 4 rings (SSSR count). The Balaban J connectivity index is 1.32. The summed E-state index contributed by atoms with van der Waals surface area (Å²) >= 11 is 3.42. The summed E-state index contributed by atoms with van der Waals surface area (Å²) in [6, 6.07) is 13.6. The number of fused-ring (bicyclic) bond motifs is 1. The van der Waals surface area contributed by atoms with Crippen LogP contribution >= 0.6 is 15.9 Å². The molecule has 0 unspecified atom stereocenters. The highest BCUT2D eigenvalue weighted by atomic mass is 79.9. The van der Waals surface area contributed by atoms with Gasteiger partial charge in [0.2, 0.25) is 0 Å². The molecule has 0 aliphatic heterocycles. The summed E-state index contributed by atoms with van der Waals surface area (Å²) in [6.45, 7) is 2.03. The fraction of sp³-hybridized carbons (Fsp3) is 0.158. The summed E-state index contributed by atoms with van der Waals surface area (Å²) in [4.78, 5) is 12.1. The molecule has 0 radical (unpaired) electrons. The first kappa shape index (κ1) is 16.8. The van der Waals surface area contributed by atoms with Crippen LogP contribution in [-0.4, -0.2) is 28.1 Å². The van der Waals surface area contributed by atoms with E-state index in [1.165, 1.54) is 0 Å². The molecule has 26 heavy (non-hydrogen) atoms. The normalized spacial score (nSPS) is 11.1. The molecule has 0 atom stereocenters. The SMILES string of the molecule is Brc1cnc2nc(-c3ccc(OCCNCc4ccco4)cc3)[nH]c2c1. The van der Waals surface area contributed by atoms with Gasteiger partial charge in [0, 0.05) is 22.8 Å². The number of hydrogen-bond acceptors (Lipinski definition) is 5. The first-order chi connectivity index (χ1) is 12.8. The lowest BCUT2D eigenvalue weighted by Gasteiger charge is -2.07. The molecule has 0 bridgehead atoms. The van der Waals surface area contributed by atoms with E-state index in [1.807, 2.05) is 42.5 Å². The van der Waals surface area contributed by atoms with Gasteiger partial charge in [-0.15, -0.1) is 0 Å². The molecule has 1 aromatic carbocycles. The number of imidazole rings is 1. The van der Waals surface area contributed by atoms with Crippen molar-refractivity contribution >= 4 is 27.1 Å². The van der Waals surface area contributed by atoms with Gasteiger partial charge in [-0.3, -0.25) is 0 Å². The van der Waals surface area contributed by atoms with Crippen molar-refractivity contribution in [2.24, 2.45) is 0 Å². The number of nitrogens with one attached hydrogen (secondary N) is 2. The van der Waals surface area contributed by atoms with Gasteiger partial charge in [-0.2, -0.15) is 0 Å². The van der Waals surface area contributed by atoms with E-state index in [2.05, 4.69) is 36.2 Å². The number of nitrogens with zero attached hydrogens (tertiary/aromatic N) is 2. The number of pyridine rings is 1. The van der Waals surface area contributed by atoms with Crippen molar-refractivity contribution in [3.63, 3.8) is 0 Å². The predicted molar refractivity (Wildman–Crippen MR) is 103 cm³/mol. The van der Waals surface area contributed by atoms with E-state index in [0.717, 1.165) is 39.4 Å².